The molecule has 1 unspecified atom stereocenters. The highest BCUT2D eigenvalue weighted by molar-refractivity contribution is 6.04. The van der Waals surface area contributed by atoms with Crippen LogP contribution in [0.4, 0.5) is 4.79 Å². The van der Waals surface area contributed by atoms with E-state index >= 15 is 0 Å². The van der Waals surface area contributed by atoms with Crippen molar-refractivity contribution in [2.45, 2.75) is 31.0 Å². The first-order valence-corrected chi connectivity index (χ1v) is 8.58. The topological polar surface area (TPSA) is 58.6 Å². The first-order chi connectivity index (χ1) is 12.2. The molecule has 25 heavy (non-hydrogen) atoms. The molecular formula is C20H20N2O3. The van der Waals surface area contributed by atoms with Crippen LogP contribution in [0.5, 0.6) is 0 Å². The highest BCUT2D eigenvalue weighted by atomic mass is 16.5. The molecule has 3 atom stereocenters. The van der Waals surface area contributed by atoms with Gasteiger partial charge in [0, 0.05) is 13.0 Å². The van der Waals surface area contributed by atoms with Gasteiger partial charge >= 0.3 is 6.03 Å². The van der Waals surface area contributed by atoms with Crippen LogP contribution in [0, 0.1) is 0 Å². The van der Waals surface area contributed by atoms with Gasteiger partial charge in [-0.05, 0) is 17.5 Å². The molecule has 2 aromatic rings. The minimum absolute atomic E-state index is 0.162. The second-order valence-corrected chi connectivity index (χ2v) is 6.46. The van der Waals surface area contributed by atoms with E-state index in [0.29, 0.717) is 19.4 Å². The van der Waals surface area contributed by atoms with Gasteiger partial charge in [-0.25, -0.2) is 4.79 Å². The molecule has 0 saturated carbocycles. The van der Waals surface area contributed by atoms with Crippen molar-refractivity contribution in [2.75, 3.05) is 6.61 Å². The van der Waals surface area contributed by atoms with Gasteiger partial charge in [0.15, 0.2) is 0 Å². The highest BCUT2D eigenvalue weighted by Gasteiger charge is 2.46. The molecule has 2 fully saturated rings. The molecule has 2 heterocycles. The lowest BCUT2D eigenvalue weighted by Crippen LogP contribution is -2.42. The maximum absolute atomic E-state index is 12.9. The van der Waals surface area contributed by atoms with E-state index in [1.807, 2.05) is 60.7 Å². The summed E-state index contributed by atoms with van der Waals surface area (Å²) in [5.74, 6) is -0.162. The standard InChI is InChI=1S/C20H20N2O3/c23-19-16(13-14-7-3-1-4-8-14)21-20(24)22(19)17-11-12-25-18(17)15-9-5-2-6-10-15/h1-10,16-18H,11-13H2,(H,21,24)/t16?,17-,18+/m1/s1. The number of urea groups is 1. The van der Waals surface area contributed by atoms with Gasteiger partial charge in [0.25, 0.3) is 5.91 Å². The lowest BCUT2D eigenvalue weighted by atomic mass is 10.00. The van der Waals surface area contributed by atoms with Gasteiger partial charge in [0.1, 0.15) is 12.1 Å². The summed E-state index contributed by atoms with van der Waals surface area (Å²) in [6.07, 6.45) is 0.911. The Bertz CT molecular complexity index is 763. The van der Waals surface area contributed by atoms with Gasteiger partial charge in [-0.1, -0.05) is 60.7 Å². The van der Waals surface area contributed by atoms with Gasteiger partial charge in [-0.3, -0.25) is 9.69 Å². The number of benzene rings is 2. The van der Waals surface area contributed by atoms with Crippen LogP contribution < -0.4 is 5.32 Å². The van der Waals surface area contributed by atoms with E-state index < -0.39 is 6.04 Å². The average Bonchev–Trinajstić information content (AvgIpc) is 3.21. The van der Waals surface area contributed by atoms with Crippen LogP contribution in [0.15, 0.2) is 60.7 Å². The molecular weight excluding hydrogens is 316 g/mol. The Kier molecular flexibility index (Phi) is 4.24. The van der Waals surface area contributed by atoms with Crippen molar-refractivity contribution in [3.05, 3.63) is 71.8 Å². The predicted molar refractivity (Wildman–Crippen MR) is 92.9 cm³/mol. The summed E-state index contributed by atoms with van der Waals surface area (Å²) >= 11 is 0. The van der Waals surface area contributed by atoms with E-state index in [1.54, 1.807) is 0 Å². The molecule has 0 radical (unpaired) electrons. The molecule has 4 rings (SSSR count). The molecule has 0 bridgehead atoms. The Hall–Kier alpha value is -2.66. The Balaban J connectivity index is 1.54. The molecule has 0 aliphatic carbocycles. The van der Waals surface area contributed by atoms with E-state index in [2.05, 4.69) is 5.32 Å². The third kappa shape index (κ3) is 3.03. The van der Waals surface area contributed by atoms with Crippen LogP contribution in [0.25, 0.3) is 0 Å². The van der Waals surface area contributed by atoms with Gasteiger partial charge in [0.2, 0.25) is 0 Å². The van der Waals surface area contributed by atoms with Crippen molar-refractivity contribution in [3.8, 4) is 0 Å². The lowest BCUT2D eigenvalue weighted by molar-refractivity contribution is -0.129. The normalized spacial score (nSPS) is 26.1. The molecule has 0 aromatic heterocycles. The van der Waals surface area contributed by atoms with Crippen molar-refractivity contribution in [1.29, 1.82) is 0 Å². The zero-order valence-corrected chi connectivity index (χ0v) is 13.8. The van der Waals surface area contributed by atoms with Crippen LogP contribution in [-0.2, 0) is 16.0 Å². The fourth-order valence-electron chi connectivity index (χ4n) is 3.65. The molecule has 2 saturated heterocycles. The summed E-state index contributed by atoms with van der Waals surface area (Å²) in [4.78, 5) is 26.7. The van der Waals surface area contributed by atoms with Crippen LogP contribution in [0.1, 0.15) is 23.7 Å². The van der Waals surface area contributed by atoms with Crippen LogP contribution in [0.2, 0.25) is 0 Å². The summed E-state index contributed by atoms with van der Waals surface area (Å²) in [5.41, 5.74) is 2.03. The molecule has 5 heteroatoms. The molecule has 2 aliphatic rings. The second-order valence-electron chi connectivity index (χ2n) is 6.46. The summed E-state index contributed by atoms with van der Waals surface area (Å²) < 4.78 is 5.84. The van der Waals surface area contributed by atoms with Crippen LogP contribution >= 0.6 is 0 Å². The summed E-state index contributed by atoms with van der Waals surface area (Å²) in [6, 6.07) is 18.4. The largest absolute Gasteiger partial charge is 0.371 e. The van der Waals surface area contributed by atoms with Crippen molar-refractivity contribution in [3.63, 3.8) is 0 Å². The number of carbonyl (C=O) groups is 2. The number of hydrogen-bond acceptors (Lipinski definition) is 3. The maximum Gasteiger partial charge on any atom is 0.325 e. The third-order valence-corrected chi connectivity index (χ3v) is 4.85. The van der Waals surface area contributed by atoms with E-state index in [4.69, 9.17) is 4.74 Å². The smallest absolute Gasteiger partial charge is 0.325 e. The highest BCUT2D eigenvalue weighted by Crippen LogP contribution is 2.34. The van der Waals surface area contributed by atoms with Gasteiger partial charge in [-0.2, -0.15) is 0 Å². The molecule has 2 aromatic carbocycles. The number of amides is 3. The van der Waals surface area contributed by atoms with Crippen LogP contribution in [0.3, 0.4) is 0 Å². The molecule has 1 N–H and O–H groups in total. The van der Waals surface area contributed by atoms with E-state index in [0.717, 1.165) is 11.1 Å². The minimum Gasteiger partial charge on any atom is -0.371 e. The molecule has 2 aliphatic heterocycles. The second kappa shape index (κ2) is 6.69. The van der Waals surface area contributed by atoms with Gasteiger partial charge in [-0.15, -0.1) is 0 Å². The third-order valence-electron chi connectivity index (χ3n) is 4.85. The SMILES string of the molecule is O=C1NC(Cc2ccccc2)C(=O)N1[C@@H]1CCO[C@H]1c1ccccc1. The number of nitrogens with zero attached hydrogens (tertiary/aromatic N) is 1. The number of ether oxygens (including phenoxy) is 1. The predicted octanol–water partition coefficient (Wildman–Crippen LogP) is 2.68. The first-order valence-electron chi connectivity index (χ1n) is 8.58. The number of imide groups is 1. The Morgan fingerprint density at radius 3 is 2.40 bits per heavy atom. The van der Waals surface area contributed by atoms with Crippen molar-refractivity contribution >= 4 is 11.9 Å². The maximum atomic E-state index is 12.9. The number of carbonyl (C=O) groups excluding carboxylic acids is 2. The zero-order valence-electron chi connectivity index (χ0n) is 13.8. The van der Waals surface area contributed by atoms with E-state index in [1.165, 1.54) is 4.90 Å². The average molecular weight is 336 g/mol. The fourth-order valence-corrected chi connectivity index (χ4v) is 3.65. The molecule has 3 amide bonds. The zero-order chi connectivity index (χ0) is 17.2. The summed E-state index contributed by atoms with van der Waals surface area (Å²) in [6.45, 7) is 0.546. The van der Waals surface area contributed by atoms with Crippen LogP contribution in [-0.4, -0.2) is 35.5 Å². The molecule has 0 spiro atoms. The van der Waals surface area contributed by atoms with E-state index in [-0.39, 0.29) is 24.1 Å². The Labute approximate surface area is 146 Å². The fraction of sp³-hybridized carbons (Fsp3) is 0.300. The number of nitrogens with one attached hydrogen (secondary N) is 1. The lowest BCUT2D eigenvalue weighted by Gasteiger charge is -2.26. The quantitative estimate of drug-likeness (QED) is 0.874. The van der Waals surface area contributed by atoms with Gasteiger partial charge < -0.3 is 10.1 Å². The summed E-state index contributed by atoms with van der Waals surface area (Å²) in [5, 5.41) is 2.83. The van der Waals surface area contributed by atoms with Crippen molar-refractivity contribution in [1.82, 2.24) is 10.2 Å². The van der Waals surface area contributed by atoms with Crippen molar-refractivity contribution in [2.24, 2.45) is 0 Å². The Morgan fingerprint density at radius 2 is 1.68 bits per heavy atom. The minimum atomic E-state index is -0.507. The number of rotatable bonds is 4. The number of hydrogen-bond donors (Lipinski definition) is 1. The monoisotopic (exact) mass is 336 g/mol. The Morgan fingerprint density at radius 1 is 1.00 bits per heavy atom. The van der Waals surface area contributed by atoms with Gasteiger partial charge in [0.05, 0.1) is 6.04 Å². The molecule has 5 nitrogen and oxygen atoms in total. The summed E-state index contributed by atoms with van der Waals surface area (Å²) in [7, 11) is 0. The first kappa shape index (κ1) is 15.8. The van der Waals surface area contributed by atoms with E-state index in [9.17, 15) is 9.59 Å². The molecule has 128 valence electrons. The van der Waals surface area contributed by atoms with Crippen molar-refractivity contribution < 1.29 is 14.3 Å².